The van der Waals surface area contributed by atoms with Gasteiger partial charge in [-0.05, 0) is 18.4 Å². The fourth-order valence-corrected chi connectivity index (χ4v) is 3.56. The summed E-state index contributed by atoms with van der Waals surface area (Å²) in [6, 6.07) is 10.00. The lowest BCUT2D eigenvalue weighted by Crippen LogP contribution is -2.41. The molecule has 1 saturated heterocycles. The average Bonchev–Trinajstić information content (AvgIpc) is 3.19. The molecule has 1 unspecified atom stereocenters. The van der Waals surface area contributed by atoms with Gasteiger partial charge in [-0.2, -0.15) is 5.10 Å². The van der Waals surface area contributed by atoms with Crippen LogP contribution in [0.1, 0.15) is 30.9 Å². The first-order valence-corrected chi connectivity index (χ1v) is 8.85. The van der Waals surface area contributed by atoms with E-state index < -0.39 is 5.82 Å². The minimum atomic E-state index is -0.447. The van der Waals surface area contributed by atoms with E-state index in [0.717, 1.165) is 12.0 Å². The van der Waals surface area contributed by atoms with Gasteiger partial charge in [0.05, 0.1) is 18.4 Å². The summed E-state index contributed by atoms with van der Waals surface area (Å²) in [5.74, 6) is 0.0803. The Labute approximate surface area is 151 Å². The molecular formula is C19H20FN5O. The third-order valence-corrected chi connectivity index (χ3v) is 4.97. The molecule has 0 radical (unpaired) electrons. The topological polar surface area (TPSA) is 61.7 Å². The second-order valence-electron chi connectivity index (χ2n) is 6.61. The first-order chi connectivity index (χ1) is 12.7. The fraction of sp³-hybridized carbons (Fsp3) is 0.368. The maximum atomic E-state index is 13.0. The summed E-state index contributed by atoms with van der Waals surface area (Å²) >= 11 is 0. The van der Waals surface area contributed by atoms with Crippen molar-refractivity contribution in [2.24, 2.45) is 11.0 Å². The Balaban J connectivity index is 1.40. The van der Waals surface area contributed by atoms with Crippen molar-refractivity contribution in [3.05, 3.63) is 54.1 Å². The van der Waals surface area contributed by atoms with Gasteiger partial charge < -0.3 is 4.90 Å². The molecule has 2 aliphatic rings. The second kappa shape index (κ2) is 7.19. The quantitative estimate of drug-likeness (QED) is 0.851. The minimum absolute atomic E-state index is 0.0119. The van der Waals surface area contributed by atoms with Crippen LogP contribution in [0.3, 0.4) is 0 Å². The van der Waals surface area contributed by atoms with Gasteiger partial charge >= 0.3 is 0 Å². The third kappa shape index (κ3) is 3.29. The Bertz CT molecular complexity index is 787. The molecule has 6 nitrogen and oxygen atoms in total. The van der Waals surface area contributed by atoms with Crippen molar-refractivity contribution < 1.29 is 9.18 Å². The number of benzene rings is 1. The average molecular weight is 353 g/mol. The van der Waals surface area contributed by atoms with Crippen LogP contribution in [0.2, 0.25) is 0 Å². The summed E-state index contributed by atoms with van der Waals surface area (Å²) in [7, 11) is 0. The molecule has 0 bridgehead atoms. The molecule has 1 fully saturated rings. The summed E-state index contributed by atoms with van der Waals surface area (Å²) in [5.41, 5.74) is 1.11. The van der Waals surface area contributed by atoms with Crippen molar-refractivity contribution in [2.45, 2.75) is 25.3 Å². The number of hydrogen-bond donors (Lipinski definition) is 0. The molecule has 26 heavy (non-hydrogen) atoms. The Morgan fingerprint density at radius 2 is 1.77 bits per heavy atom. The number of amides is 1. The third-order valence-electron chi connectivity index (χ3n) is 4.97. The van der Waals surface area contributed by atoms with Crippen LogP contribution in [-0.4, -0.2) is 40.2 Å². The molecule has 2 aliphatic heterocycles. The summed E-state index contributed by atoms with van der Waals surface area (Å²) in [6.45, 7) is 1.35. The van der Waals surface area contributed by atoms with Crippen LogP contribution in [0.15, 0.2) is 47.8 Å². The molecule has 0 spiro atoms. The first-order valence-electron chi connectivity index (χ1n) is 8.85. The lowest BCUT2D eigenvalue weighted by Gasteiger charge is -2.33. The molecule has 1 aromatic carbocycles. The Morgan fingerprint density at radius 3 is 2.46 bits per heavy atom. The van der Waals surface area contributed by atoms with E-state index in [-0.39, 0.29) is 17.9 Å². The zero-order chi connectivity index (χ0) is 17.9. The van der Waals surface area contributed by atoms with Crippen molar-refractivity contribution in [1.29, 1.82) is 0 Å². The second-order valence-corrected chi connectivity index (χ2v) is 6.61. The van der Waals surface area contributed by atoms with Gasteiger partial charge in [-0.1, -0.05) is 30.3 Å². The number of hydrazone groups is 1. The minimum Gasteiger partial charge on any atom is -0.341 e. The van der Waals surface area contributed by atoms with Crippen LogP contribution in [0, 0.1) is 11.7 Å². The predicted molar refractivity (Wildman–Crippen MR) is 96.1 cm³/mol. The maximum absolute atomic E-state index is 13.0. The lowest BCUT2D eigenvalue weighted by molar-refractivity contribution is -0.138. The Hall–Kier alpha value is -2.83. The standard InChI is InChI=1S/C19H20FN5O/c20-16-12-21-19(22-13-16)24-10-7-15(8-11-24)18(26)25-17(6-9-23-25)14-4-2-1-3-5-14/h1-5,9,12-13,15,17H,6-8,10-11H2. The molecule has 0 aliphatic carbocycles. The van der Waals surface area contributed by atoms with Crippen molar-refractivity contribution in [2.75, 3.05) is 18.0 Å². The molecule has 134 valence electrons. The molecular weight excluding hydrogens is 333 g/mol. The van der Waals surface area contributed by atoms with Crippen molar-refractivity contribution in [3.63, 3.8) is 0 Å². The summed E-state index contributed by atoms with van der Waals surface area (Å²) in [4.78, 5) is 23.0. The van der Waals surface area contributed by atoms with Crippen LogP contribution >= 0.6 is 0 Å². The first kappa shape index (κ1) is 16.6. The maximum Gasteiger partial charge on any atom is 0.246 e. The molecule has 7 heteroatoms. The SMILES string of the molecule is O=C(C1CCN(c2ncc(F)cn2)CC1)N1N=CCC1c1ccccc1. The molecule has 0 N–H and O–H groups in total. The van der Waals surface area contributed by atoms with E-state index in [1.54, 1.807) is 5.01 Å². The summed E-state index contributed by atoms with van der Waals surface area (Å²) < 4.78 is 13.0. The van der Waals surface area contributed by atoms with Gasteiger partial charge in [0.1, 0.15) is 0 Å². The van der Waals surface area contributed by atoms with Crippen molar-refractivity contribution in [3.8, 4) is 0 Å². The van der Waals surface area contributed by atoms with Crippen molar-refractivity contribution in [1.82, 2.24) is 15.0 Å². The number of piperidine rings is 1. The van der Waals surface area contributed by atoms with E-state index in [1.807, 2.05) is 41.4 Å². The number of carbonyl (C=O) groups is 1. The largest absolute Gasteiger partial charge is 0.341 e. The molecule has 1 atom stereocenters. The van der Waals surface area contributed by atoms with E-state index in [1.165, 1.54) is 12.4 Å². The van der Waals surface area contributed by atoms with E-state index in [2.05, 4.69) is 15.1 Å². The van der Waals surface area contributed by atoms with E-state index in [9.17, 15) is 9.18 Å². The highest BCUT2D eigenvalue weighted by Gasteiger charge is 2.34. The molecule has 0 saturated carbocycles. The van der Waals surface area contributed by atoms with E-state index in [4.69, 9.17) is 0 Å². The smallest absolute Gasteiger partial charge is 0.246 e. The Morgan fingerprint density at radius 1 is 1.08 bits per heavy atom. The zero-order valence-electron chi connectivity index (χ0n) is 14.3. The Kier molecular flexibility index (Phi) is 4.60. The number of hydrogen-bond acceptors (Lipinski definition) is 5. The normalized spacial score (nSPS) is 20.6. The predicted octanol–water partition coefficient (Wildman–Crippen LogP) is 2.79. The molecule has 1 amide bonds. The van der Waals surface area contributed by atoms with Crippen LogP contribution in [-0.2, 0) is 4.79 Å². The van der Waals surface area contributed by atoms with Crippen LogP contribution in [0.5, 0.6) is 0 Å². The van der Waals surface area contributed by atoms with Crippen LogP contribution < -0.4 is 4.90 Å². The highest BCUT2D eigenvalue weighted by atomic mass is 19.1. The van der Waals surface area contributed by atoms with Gasteiger partial charge in [0.25, 0.3) is 0 Å². The monoisotopic (exact) mass is 353 g/mol. The molecule has 1 aromatic heterocycles. The summed E-state index contributed by atoms with van der Waals surface area (Å²) in [5, 5.41) is 5.98. The van der Waals surface area contributed by atoms with Gasteiger partial charge in [-0.15, -0.1) is 0 Å². The van der Waals surface area contributed by atoms with Crippen molar-refractivity contribution >= 4 is 18.1 Å². The molecule has 4 rings (SSSR count). The number of rotatable bonds is 3. The van der Waals surface area contributed by atoms with Gasteiger partial charge in [-0.3, -0.25) is 4.79 Å². The number of anilines is 1. The van der Waals surface area contributed by atoms with Gasteiger partial charge in [0, 0.05) is 31.6 Å². The van der Waals surface area contributed by atoms with Gasteiger partial charge in [0.15, 0.2) is 5.82 Å². The fourth-order valence-electron chi connectivity index (χ4n) is 3.56. The van der Waals surface area contributed by atoms with Crippen LogP contribution in [0.4, 0.5) is 10.3 Å². The van der Waals surface area contributed by atoms with E-state index >= 15 is 0 Å². The zero-order valence-corrected chi connectivity index (χ0v) is 14.3. The number of halogens is 1. The molecule has 2 aromatic rings. The van der Waals surface area contributed by atoms with Crippen LogP contribution in [0.25, 0.3) is 0 Å². The summed E-state index contributed by atoms with van der Waals surface area (Å²) in [6.07, 6.45) is 6.33. The highest BCUT2D eigenvalue weighted by Crippen LogP contribution is 2.32. The number of aromatic nitrogens is 2. The number of nitrogens with zero attached hydrogens (tertiary/aromatic N) is 5. The van der Waals surface area contributed by atoms with Gasteiger partial charge in [0.2, 0.25) is 11.9 Å². The van der Waals surface area contributed by atoms with Gasteiger partial charge in [-0.25, -0.2) is 19.4 Å². The molecule has 3 heterocycles. The lowest BCUT2D eigenvalue weighted by atomic mass is 9.94. The number of carbonyl (C=O) groups excluding carboxylic acids is 1. The van der Waals surface area contributed by atoms with E-state index in [0.29, 0.717) is 31.9 Å². The highest BCUT2D eigenvalue weighted by molar-refractivity contribution is 5.82.